The van der Waals surface area contributed by atoms with E-state index in [-0.39, 0.29) is 71.5 Å². The first kappa shape index (κ1) is 96.9. The van der Waals surface area contributed by atoms with Crippen molar-refractivity contribution >= 4 is 236 Å². The number of anilines is 5. The predicted molar refractivity (Wildman–Crippen MR) is 560 cm³/mol. The van der Waals surface area contributed by atoms with Gasteiger partial charge in [0, 0.05) is 151 Å². The first-order valence-corrected chi connectivity index (χ1v) is 52.2. The minimum atomic E-state index is -1.13. The average Bonchev–Trinajstić information content (AvgIpc) is 1.48. The summed E-state index contributed by atoms with van der Waals surface area (Å²) >= 11 is 26.0. The van der Waals surface area contributed by atoms with Crippen LogP contribution in [-0.2, 0) is 59.2 Å². The number of rotatable bonds is 22. The summed E-state index contributed by atoms with van der Waals surface area (Å²) in [5.74, 6) is -2.48. The topological polar surface area (TPSA) is 282 Å². The first-order chi connectivity index (χ1) is 66.6. The van der Waals surface area contributed by atoms with Crippen LogP contribution in [0.25, 0.3) is 35.1 Å². The van der Waals surface area contributed by atoms with Crippen molar-refractivity contribution in [1.82, 2.24) is 29.4 Å². The molecule has 4 aliphatic carbocycles. The standard InChI is InChI=1S/C30H29N3O4S2.C28H24N2O4S2.C25H27N3O4S2.C22H26N2O3S2/c1-2-31-29(37)27(39-30(31)38)25-15-20(28(36)33(25)17-26(34)35)13-19-11-12-24-22(14-19)21-9-6-10-23(21)32(24)16-18-7-4-3-5-8-18;1-34-20-9-7-17-13-19(8-6-18(17)14-20)30-23-4-2-3-21(23)22-11-16(5-10-24(22)30)12-25-27(33)29(15-26(31)32)28(35)36-25;1-3-26-18-7-5-6-16(18)17-11-14(8-9-19(17)26)10-15-12-20(28(23(15)31)13-21(29)30)22-24(32)27(4-2)25(33)34-22;1-3-23-17-7-5-6-15(17)16-12-14(8-9-18(16)23)13-19-21(26)24(22(28)29-19)11-10-20(25)27-4-2/h3-5,7-8,11-14,21,23H,2,6,9-10,15-17H2,1H3,(H,34,35);5-14,21,23H,2-4,15H2,1H3,(H,31,32);8-11,16,18H,3-7,12-13H2,1-2H3,(H,29,30);8-9,12-13,15,17H,3-7,10-11H2,1-2H3/b20-13-,27-25-;25-12+;15-10-,22-20-;19-13+. The molecule has 7 aromatic rings. The Morgan fingerprint density at radius 2 is 0.812 bits per heavy atom. The zero-order chi connectivity index (χ0) is 96.9. The number of benzene rings is 7. The zero-order valence-electron chi connectivity index (χ0n) is 77.4. The van der Waals surface area contributed by atoms with Gasteiger partial charge in [-0.1, -0.05) is 188 Å². The Bertz CT molecular complexity index is 6490. The Morgan fingerprint density at radius 1 is 0.406 bits per heavy atom. The smallest absolute Gasteiger partial charge is 0.323 e. The highest BCUT2D eigenvalue weighted by molar-refractivity contribution is 8.28. The normalized spacial score (nSPS) is 24.8. The minimum absolute atomic E-state index is 0.126. The van der Waals surface area contributed by atoms with Crippen molar-refractivity contribution in [3.05, 3.63) is 232 Å². The van der Waals surface area contributed by atoms with Crippen LogP contribution >= 0.6 is 95.9 Å². The number of hydrogen-bond donors (Lipinski definition) is 3. The summed E-state index contributed by atoms with van der Waals surface area (Å²) in [4.78, 5) is 144. The van der Waals surface area contributed by atoms with Gasteiger partial charge in [-0.05, 0) is 244 Å². The summed E-state index contributed by atoms with van der Waals surface area (Å²) in [7, 11) is 1.68. The number of esters is 1. The molecule has 6 saturated heterocycles. The van der Waals surface area contributed by atoms with Gasteiger partial charge >= 0.3 is 23.9 Å². The van der Waals surface area contributed by atoms with E-state index in [0.717, 1.165) is 112 Å². The number of fused-ring (bicyclic) bond motifs is 13. The van der Waals surface area contributed by atoms with Gasteiger partial charge in [-0.3, -0.25) is 77.3 Å². The lowest BCUT2D eigenvalue weighted by Gasteiger charge is -2.27. The van der Waals surface area contributed by atoms with Gasteiger partial charge in [-0.15, -0.1) is 0 Å². The number of aliphatic carboxylic acids is 3. The van der Waals surface area contributed by atoms with Crippen LogP contribution in [0.2, 0.25) is 0 Å². The van der Waals surface area contributed by atoms with Crippen molar-refractivity contribution in [2.75, 3.05) is 85.7 Å². The quantitative estimate of drug-likeness (QED) is 0.0323. The summed E-state index contributed by atoms with van der Waals surface area (Å²) in [5.41, 5.74) is 18.6. The number of carbonyl (C=O) groups excluding carboxylic acids is 7. The molecule has 714 valence electrons. The maximum absolute atomic E-state index is 13.4. The minimum Gasteiger partial charge on any atom is -0.497 e. The maximum atomic E-state index is 13.4. The monoisotopic (exact) mass is 2000 g/mol. The Balaban J connectivity index is 0.000000123. The molecule has 0 bridgehead atoms. The lowest BCUT2D eigenvalue weighted by Crippen LogP contribution is -2.33. The van der Waals surface area contributed by atoms with Crippen molar-refractivity contribution < 1.29 is 72.7 Å². The summed E-state index contributed by atoms with van der Waals surface area (Å²) in [5, 5.41) is 30.3. The second-order valence-corrected chi connectivity index (χ2v) is 43.0. The Morgan fingerprint density at radius 3 is 1.27 bits per heavy atom. The molecule has 8 unspecified atom stereocenters. The van der Waals surface area contributed by atoms with Crippen LogP contribution in [0.3, 0.4) is 0 Å². The van der Waals surface area contributed by atoms with Crippen LogP contribution in [0.4, 0.5) is 28.4 Å². The molecular formula is C105H106N10O15S8. The van der Waals surface area contributed by atoms with Crippen molar-refractivity contribution in [3.63, 3.8) is 0 Å². The largest absolute Gasteiger partial charge is 0.497 e. The fraction of sp³-hybridized carbons (Fsp3) is 0.371. The van der Waals surface area contributed by atoms with E-state index in [0.29, 0.717) is 123 Å². The highest BCUT2D eigenvalue weighted by Crippen LogP contribution is 2.57. The van der Waals surface area contributed by atoms with Gasteiger partial charge < -0.3 is 44.4 Å². The molecule has 6 amide bonds. The number of carbonyl (C=O) groups is 10. The number of allylic oxidation sites excluding steroid dienone is 2. The molecule has 10 fully saturated rings. The number of hydrogen-bond acceptors (Lipinski definition) is 24. The third-order valence-electron chi connectivity index (χ3n) is 28.6. The number of methoxy groups -OCH3 is 1. The molecule has 3 N–H and O–H groups in total. The van der Waals surface area contributed by atoms with E-state index in [2.05, 4.69) is 143 Å². The SMILES string of the molecule is CCN1C(=O)/C(=C2\C/C(=C/c3ccc4c(c3)C3CCCC3N4CC)C(=O)N2CC(=O)O)SC1=S.CCN1C(=O)/C(=C2\C/C(=C/c3ccc4c(c3)C3CCCC3N4Cc3ccccc3)C(=O)N2CC(=O)O)SC1=S.CCOC(=O)CCN1C(=O)/C(=C\c2ccc3c(c2)C2CCCC2N3CC)SC1=S.COc1ccc2cc(N3c4ccc(/C=C5/SC(=S)N(CC(=O)O)C5=O)cc4C4CCCC43)ccc2c1. The molecule has 14 aliphatic rings. The van der Waals surface area contributed by atoms with E-state index >= 15 is 0 Å². The van der Waals surface area contributed by atoms with E-state index in [1.54, 1.807) is 14.0 Å². The summed E-state index contributed by atoms with van der Waals surface area (Å²) in [6.45, 7) is 12.8. The number of carboxylic acids is 3. The number of thiocarbonyl (C=S) groups is 4. The van der Waals surface area contributed by atoms with Crippen LogP contribution in [0.1, 0.15) is 205 Å². The molecule has 138 heavy (non-hydrogen) atoms. The van der Waals surface area contributed by atoms with Crippen molar-refractivity contribution in [2.24, 2.45) is 0 Å². The number of thioether (sulfide) groups is 4. The van der Waals surface area contributed by atoms with Gasteiger partial charge in [0.15, 0.2) is 0 Å². The molecule has 0 spiro atoms. The lowest BCUT2D eigenvalue weighted by atomic mass is 9.95. The number of likely N-dealkylation sites (N-methyl/N-ethyl adjacent to an activating group) is 4. The van der Waals surface area contributed by atoms with E-state index in [9.17, 15) is 58.2 Å². The van der Waals surface area contributed by atoms with Crippen LogP contribution in [0.5, 0.6) is 5.75 Å². The van der Waals surface area contributed by atoms with Crippen LogP contribution in [-0.4, -0.2) is 212 Å². The summed E-state index contributed by atoms with van der Waals surface area (Å²) in [6.07, 6.45) is 22.5. The Labute approximate surface area is 840 Å². The molecule has 33 heteroatoms. The fourth-order valence-electron chi connectivity index (χ4n) is 22.6. The van der Waals surface area contributed by atoms with Gasteiger partial charge in [0.05, 0.1) is 39.8 Å². The highest BCUT2D eigenvalue weighted by Gasteiger charge is 2.49. The first-order valence-electron chi connectivity index (χ1n) is 47.3. The van der Waals surface area contributed by atoms with Crippen LogP contribution < -0.4 is 24.3 Å². The van der Waals surface area contributed by atoms with E-state index in [1.807, 2.05) is 68.5 Å². The van der Waals surface area contributed by atoms with Crippen molar-refractivity contribution in [1.29, 1.82) is 0 Å². The summed E-state index contributed by atoms with van der Waals surface area (Å²) < 4.78 is 12.0. The number of likely N-dealkylation sites (tertiary alicyclic amines) is 2. The third kappa shape index (κ3) is 19.0. The molecule has 0 radical (unpaired) electrons. The molecule has 10 aliphatic heterocycles. The molecule has 25 nitrogen and oxygen atoms in total. The molecule has 21 rings (SSSR count). The second kappa shape index (κ2) is 41.2. The fourth-order valence-corrected chi connectivity index (χ4v) is 28.1. The van der Waals surface area contributed by atoms with Gasteiger partial charge in [0.25, 0.3) is 35.4 Å². The maximum Gasteiger partial charge on any atom is 0.323 e. The summed E-state index contributed by atoms with van der Waals surface area (Å²) in [6, 6.07) is 51.0. The van der Waals surface area contributed by atoms with E-state index < -0.39 is 37.5 Å². The van der Waals surface area contributed by atoms with Crippen molar-refractivity contribution in [2.45, 2.75) is 185 Å². The van der Waals surface area contributed by atoms with E-state index in [1.165, 1.54) is 156 Å². The van der Waals surface area contributed by atoms with Crippen LogP contribution in [0.15, 0.2) is 182 Å². The highest BCUT2D eigenvalue weighted by atomic mass is 32.2. The van der Waals surface area contributed by atoms with Gasteiger partial charge in [0.2, 0.25) is 0 Å². The Hall–Kier alpha value is -11.3. The van der Waals surface area contributed by atoms with Gasteiger partial charge in [-0.2, -0.15) is 0 Å². The number of ether oxygens (including phenoxy) is 2. The zero-order valence-corrected chi connectivity index (χ0v) is 83.9. The average molecular weight is 2000 g/mol. The molecular weight excluding hydrogens is 1900 g/mol. The second-order valence-electron chi connectivity index (χ2n) is 36.3. The Kier molecular flexibility index (Phi) is 29.0. The number of amides is 6. The van der Waals surface area contributed by atoms with Crippen molar-refractivity contribution in [3.8, 4) is 5.75 Å². The molecule has 8 atom stereocenters. The van der Waals surface area contributed by atoms with Gasteiger partial charge in [0.1, 0.15) is 42.7 Å². The predicted octanol–water partition coefficient (Wildman–Crippen LogP) is 19.3. The number of carboxylic acid groups (broad SMARTS) is 3. The van der Waals surface area contributed by atoms with E-state index in [4.69, 9.17) is 63.5 Å². The molecule has 10 heterocycles. The molecule has 7 aromatic carbocycles. The van der Waals surface area contributed by atoms with Crippen LogP contribution in [0, 0.1) is 0 Å². The lowest BCUT2D eigenvalue weighted by molar-refractivity contribution is -0.143. The molecule has 4 saturated carbocycles. The molecule has 0 aromatic heterocycles. The van der Waals surface area contributed by atoms with Gasteiger partial charge in [-0.25, -0.2) is 0 Å². The third-order valence-corrected chi connectivity index (χ3v) is 34.4. The number of nitrogens with zero attached hydrogens (tertiary/aromatic N) is 10.